The van der Waals surface area contributed by atoms with Gasteiger partial charge in [0.1, 0.15) is 0 Å². The van der Waals surface area contributed by atoms with Gasteiger partial charge in [0.05, 0.1) is 11.0 Å². The molecule has 4 nitrogen and oxygen atoms in total. The van der Waals surface area contributed by atoms with Crippen LogP contribution in [0.2, 0.25) is 0 Å². The third-order valence-corrected chi connectivity index (χ3v) is 5.16. The van der Waals surface area contributed by atoms with E-state index in [-0.39, 0.29) is 17.4 Å². The van der Waals surface area contributed by atoms with E-state index in [9.17, 15) is 14.7 Å². The van der Waals surface area contributed by atoms with Crippen molar-refractivity contribution in [2.24, 2.45) is 0 Å². The molecule has 1 heterocycles. The molecule has 0 unspecified atom stereocenters. The number of carbonyl (C=O) groups excluding carboxylic acids is 1. The standard InChI is InChI=1S/C17H12BrNO3/c18-11-4-1-9(2-5-11)13-8-17(13)12-7-10(15(20)21)3-6-14(12)19-16(17)22/h1-7,13H,8H2,(H,19,22)(H,20,21)/t13-,17+/m0/s1. The molecule has 2 aromatic carbocycles. The highest BCUT2D eigenvalue weighted by Crippen LogP contribution is 2.65. The summed E-state index contributed by atoms with van der Waals surface area (Å²) in [5.74, 6) is -0.901. The van der Waals surface area contributed by atoms with E-state index >= 15 is 0 Å². The van der Waals surface area contributed by atoms with Gasteiger partial charge in [-0.05, 0) is 47.9 Å². The van der Waals surface area contributed by atoms with Gasteiger partial charge >= 0.3 is 5.97 Å². The van der Waals surface area contributed by atoms with Crippen LogP contribution >= 0.6 is 15.9 Å². The van der Waals surface area contributed by atoms with E-state index in [2.05, 4.69) is 21.2 Å². The molecule has 2 aliphatic rings. The molecule has 1 aliphatic carbocycles. The number of benzene rings is 2. The first-order valence-corrected chi connectivity index (χ1v) is 7.76. The average Bonchev–Trinajstić information content (AvgIpc) is 3.18. The molecule has 1 amide bonds. The van der Waals surface area contributed by atoms with Crippen LogP contribution in [-0.2, 0) is 10.2 Å². The highest BCUT2D eigenvalue weighted by Gasteiger charge is 2.65. The number of carboxylic acid groups (broad SMARTS) is 1. The molecule has 2 aromatic rings. The molecule has 1 spiro atoms. The Labute approximate surface area is 135 Å². The zero-order chi connectivity index (χ0) is 15.5. The molecule has 110 valence electrons. The molecular weight excluding hydrogens is 346 g/mol. The van der Waals surface area contributed by atoms with E-state index in [4.69, 9.17) is 0 Å². The number of halogens is 1. The van der Waals surface area contributed by atoms with E-state index in [1.54, 1.807) is 12.1 Å². The molecule has 1 aliphatic heterocycles. The predicted molar refractivity (Wildman–Crippen MR) is 85.2 cm³/mol. The monoisotopic (exact) mass is 357 g/mol. The molecule has 0 saturated heterocycles. The van der Waals surface area contributed by atoms with Crippen LogP contribution in [0, 0.1) is 0 Å². The maximum Gasteiger partial charge on any atom is 0.335 e. The lowest BCUT2D eigenvalue weighted by Gasteiger charge is -2.09. The maximum absolute atomic E-state index is 12.5. The lowest BCUT2D eigenvalue weighted by molar-refractivity contribution is -0.118. The van der Waals surface area contributed by atoms with Crippen molar-refractivity contribution in [1.29, 1.82) is 0 Å². The van der Waals surface area contributed by atoms with Crippen molar-refractivity contribution in [3.8, 4) is 0 Å². The van der Waals surface area contributed by atoms with E-state index in [1.165, 1.54) is 6.07 Å². The van der Waals surface area contributed by atoms with Crippen molar-refractivity contribution in [2.45, 2.75) is 17.8 Å². The Bertz CT molecular complexity index is 815. The Hall–Kier alpha value is -2.14. The van der Waals surface area contributed by atoms with Crippen LogP contribution in [0.3, 0.4) is 0 Å². The topological polar surface area (TPSA) is 66.4 Å². The fourth-order valence-electron chi connectivity index (χ4n) is 3.42. The molecule has 5 heteroatoms. The van der Waals surface area contributed by atoms with Crippen LogP contribution in [0.15, 0.2) is 46.9 Å². The number of carbonyl (C=O) groups is 2. The molecule has 22 heavy (non-hydrogen) atoms. The zero-order valence-electron chi connectivity index (χ0n) is 11.5. The third-order valence-electron chi connectivity index (χ3n) is 4.63. The summed E-state index contributed by atoms with van der Waals surface area (Å²) < 4.78 is 0.996. The Balaban J connectivity index is 1.79. The van der Waals surface area contributed by atoms with Crippen molar-refractivity contribution in [2.75, 3.05) is 5.32 Å². The van der Waals surface area contributed by atoms with Crippen molar-refractivity contribution in [3.05, 3.63) is 63.6 Å². The van der Waals surface area contributed by atoms with Gasteiger partial charge in [-0.2, -0.15) is 0 Å². The minimum atomic E-state index is -0.974. The van der Waals surface area contributed by atoms with Gasteiger partial charge < -0.3 is 10.4 Å². The smallest absolute Gasteiger partial charge is 0.335 e. The number of carboxylic acids is 1. The highest BCUT2D eigenvalue weighted by atomic mass is 79.9. The number of hydrogen-bond donors (Lipinski definition) is 2. The molecule has 1 fully saturated rings. The van der Waals surface area contributed by atoms with Gasteiger partial charge in [-0.1, -0.05) is 28.1 Å². The lowest BCUT2D eigenvalue weighted by atomic mass is 9.91. The summed E-state index contributed by atoms with van der Waals surface area (Å²) in [6.07, 6.45) is 0.719. The SMILES string of the molecule is O=C(O)c1ccc2c(c1)[C@@]1(C[C@H]1c1ccc(Br)cc1)C(=O)N2. The van der Waals surface area contributed by atoms with Gasteiger partial charge in [-0.3, -0.25) is 4.79 Å². The molecule has 0 bridgehead atoms. The predicted octanol–water partition coefficient (Wildman–Crippen LogP) is 3.52. The van der Waals surface area contributed by atoms with E-state index in [0.717, 1.165) is 27.7 Å². The molecular formula is C17H12BrNO3. The Morgan fingerprint density at radius 2 is 1.95 bits per heavy atom. The third kappa shape index (κ3) is 1.75. The van der Waals surface area contributed by atoms with Crippen LogP contribution < -0.4 is 5.32 Å². The van der Waals surface area contributed by atoms with Crippen LogP contribution in [0.4, 0.5) is 5.69 Å². The summed E-state index contributed by atoms with van der Waals surface area (Å²) in [5, 5.41) is 12.1. The van der Waals surface area contributed by atoms with Crippen LogP contribution in [0.25, 0.3) is 0 Å². The second kappa shape index (κ2) is 4.43. The fourth-order valence-corrected chi connectivity index (χ4v) is 3.68. The molecule has 2 N–H and O–H groups in total. The Kier molecular flexibility index (Phi) is 2.72. The summed E-state index contributed by atoms with van der Waals surface area (Å²) >= 11 is 3.41. The first kappa shape index (κ1) is 13.5. The van der Waals surface area contributed by atoms with Gasteiger partial charge in [0.15, 0.2) is 0 Å². The lowest BCUT2D eigenvalue weighted by Crippen LogP contribution is -2.21. The normalized spacial score (nSPS) is 25.0. The van der Waals surface area contributed by atoms with Gasteiger partial charge in [0.25, 0.3) is 0 Å². The van der Waals surface area contributed by atoms with Crippen LogP contribution in [-0.4, -0.2) is 17.0 Å². The van der Waals surface area contributed by atoms with Crippen molar-refractivity contribution >= 4 is 33.5 Å². The molecule has 0 aromatic heterocycles. The first-order valence-electron chi connectivity index (χ1n) is 6.97. The van der Waals surface area contributed by atoms with Crippen molar-refractivity contribution < 1.29 is 14.7 Å². The second-order valence-corrected chi connectivity index (χ2v) is 6.71. The second-order valence-electron chi connectivity index (χ2n) is 5.80. The minimum absolute atomic E-state index is 0.0297. The Morgan fingerprint density at radius 3 is 2.64 bits per heavy atom. The largest absolute Gasteiger partial charge is 0.478 e. The molecule has 0 radical (unpaired) electrons. The number of rotatable bonds is 2. The van der Waals surface area contributed by atoms with E-state index in [0.29, 0.717) is 0 Å². The molecule has 1 saturated carbocycles. The molecule has 2 atom stereocenters. The number of nitrogens with one attached hydrogen (secondary N) is 1. The van der Waals surface area contributed by atoms with Gasteiger partial charge in [-0.25, -0.2) is 4.79 Å². The fraction of sp³-hybridized carbons (Fsp3) is 0.176. The number of amides is 1. The van der Waals surface area contributed by atoms with Gasteiger partial charge in [0, 0.05) is 16.1 Å². The summed E-state index contributed by atoms with van der Waals surface area (Å²) in [6.45, 7) is 0. The number of aromatic carboxylic acids is 1. The van der Waals surface area contributed by atoms with Crippen molar-refractivity contribution in [3.63, 3.8) is 0 Å². The average molecular weight is 358 g/mol. The quantitative estimate of drug-likeness (QED) is 0.863. The number of anilines is 1. The van der Waals surface area contributed by atoms with Crippen LogP contribution in [0.5, 0.6) is 0 Å². The summed E-state index contributed by atoms with van der Waals surface area (Å²) in [7, 11) is 0. The van der Waals surface area contributed by atoms with Gasteiger partial charge in [0.2, 0.25) is 5.91 Å². The Morgan fingerprint density at radius 1 is 1.23 bits per heavy atom. The minimum Gasteiger partial charge on any atom is -0.478 e. The molecule has 4 rings (SSSR count). The summed E-state index contributed by atoms with van der Waals surface area (Å²) in [6, 6.07) is 12.8. The van der Waals surface area contributed by atoms with Gasteiger partial charge in [-0.15, -0.1) is 0 Å². The number of fused-ring (bicyclic) bond motifs is 2. The highest BCUT2D eigenvalue weighted by molar-refractivity contribution is 9.10. The maximum atomic E-state index is 12.5. The van der Waals surface area contributed by atoms with Crippen molar-refractivity contribution in [1.82, 2.24) is 0 Å². The summed E-state index contributed by atoms with van der Waals surface area (Å²) in [4.78, 5) is 23.7. The number of hydrogen-bond acceptors (Lipinski definition) is 2. The first-order chi connectivity index (χ1) is 10.5. The van der Waals surface area contributed by atoms with Crippen LogP contribution in [0.1, 0.15) is 33.8 Å². The summed E-state index contributed by atoms with van der Waals surface area (Å²) in [5.41, 5.74) is 2.26. The van der Waals surface area contributed by atoms with E-state index < -0.39 is 11.4 Å². The van der Waals surface area contributed by atoms with E-state index in [1.807, 2.05) is 24.3 Å². The zero-order valence-corrected chi connectivity index (χ0v) is 13.1.